The molecule has 0 aliphatic carbocycles. The molecular formula is C12H18Cl2N2O2S. The summed E-state index contributed by atoms with van der Waals surface area (Å²) in [5, 5.41) is 0.508. The molecule has 0 unspecified atom stereocenters. The molecule has 0 aliphatic rings. The second kappa shape index (κ2) is 7.45. The van der Waals surface area contributed by atoms with E-state index in [1.54, 1.807) is 6.07 Å². The highest BCUT2D eigenvalue weighted by atomic mass is 35.5. The Morgan fingerprint density at radius 2 is 1.84 bits per heavy atom. The number of hydrogen-bond donors (Lipinski definition) is 1. The SMILES string of the molecule is CCN(CC)CCNS(=O)(=O)c1cc(Cl)ccc1Cl. The molecule has 108 valence electrons. The number of rotatable bonds is 7. The van der Waals surface area contributed by atoms with Crippen molar-refractivity contribution in [1.82, 2.24) is 9.62 Å². The number of hydrogen-bond acceptors (Lipinski definition) is 3. The van der Waals surface area contributed by atoms with Gasteiger partial charge >= 0.3 is 0 Å². The molecule has 0 atom stereocenters. The molecule has 0 saturated carbocycles. The Morgan fingerprint density at radius 1 is 1.21 bits per heavy atom. The third-order valence-electron chi connectivity index (χ3n) is 2.80. The highest BCUT2D eigenvalue weighted by Gasteiger charge is 2.18. The van der Waals surface area contributed by atoms with Gasteiger partial charge in [-0.25, -0.2) is 13.1 Å². The summed E-state index contributed by atoms with van der Waals surface area (Å²) < 4.78 is 26.7. The molecule has 1 aromatic carbocycles. The lowest BCUT2D eigenvalue weighted by Crippen LogP contribution is -2.34. The minimum Gasteiger partial charge on any atom is -0.303 e. The average molecular weight is 325 g/mol. The molecule has 0 aromatic heterocycles. The molecule has 7 heteroatoms. The van der Waals surface area contributed by atoms with Crippen molar-refractivity contribution in [3.8, 4) is 0 Å². The van der Waals surface area contributed by atoms with Crippen LogP contribution in [-0.2, 0) is 10.0 Å². The molecule has 4 nitrogen and oxygen atoms in total. The van der Waals surface area contributed by atoms with Crippen LogP contribution in [0, 0.1) is 0 Å². The first-order valence-electron chi connectivity index (χ1n) is 6.07. The Balaban J connectivity index is 2.73. The molecule has 0 aliphatic heterocycles. The average Bonchev–Trinajstić information content (AvgIpc) is 2.37. The molecule has 19 heavy (non-hydrogen) atoms. The molecule has 1 rings (SSSR count). The van der Waals surface area contributed by atoms with Crippen LogP contribution in [0.25, 0.3) is 0 Å². The zero-order chi connectivity index (χ0) is 14.5. The van der Waals surface area contributed by atoms with Crippen LogP contribution in [0.2, 0.25) is 10.0 Å². The lowest BCUT2D eigenvalue weighted by atomic mass is 10.4. The van der Waals surface area contributed by atoms with Gasteiger partial charge in [0.15, 0.2) is 0 Å². The molecule has 0 amide bonds. The zero-order valence-corrected chi connectivity index (χ0v) is 13.3. The van der Waals surface area contributed by atoms with E-state index < -0.39 is 10.0 Å². The van der Waals surface area contributed by atoms with Gasteiger partial charge in [-0.2, -0.15) is 0 Å². The fourth-order valence-corrected chi connectivity index (χ4v) is 3.42. The first kappa shape index (κ1) is 16.7. The number of sulfonamides is 1. The van der Waals surface area contributed by atoms with Gasteiger partial charge in [0, 0.05) is 18.1 Å². The summed E-state index contributed by atoms with van der Waals surface area (Å²) in [4.78, 5) is 2.14. The van der Waals surface area contributed by atoms with Gasteiger partial charge < -0.3 is 4.90 Å². The molecule has 0 fully saturated rings. The zero-order valence-electron chi connectivity index (χ0n) is 11.0. The van der Waals surface area contributed by atoms with Crippen molar-refractivity contribution in [2.45, 2.75) is 18.7 Å². The van der Waals surface area contributed by atoms with Crippen molar-refractivity contribution in [2.75, 3.05) is 26.2 Å². The number of nitrogens with zero attached hydrogens (tertiary/aromatic N) is 1. The Labute approximate surface area is 124 Å². The number of likely N-dealkylation sites (N-methyl/N-ethyl adjacent to an activating group) is 1. The molecule has 0 heterocycles. The summed E-state index contributed by atoms with van der Waals surface area (Å²) in [7, 11) is -3.62. The highest BCUT2D eigenvalue weighted by molar-refractivity contribution is 7.89. The second-order valence-corrected chi connectivity index (χ2v) is 6.58. The lowest BCUT2D eigenvalue weighted by molar-refractivity contribution is 0.309. The third kappa shape index (κ3) is 4.93. The molecule has 0 bridgehead atoms. The van der Waals surface area contributed by atoms with Gasteiger partial charge in [-0.15, -0.1) is 0 Å². The maximum atomic E-state index is 12.1. The van der Waals surface area contributed by atoms with Crippen molar-refractivity contribution in [2.24, 2.45) is 0 Å². The minimum absolute atomic E-state index is 0.0150. The number of nitrogens with one attached hydrogen (secondary N) is 1. The standard InChI is InChI=1S/C12H18Cl2N2O2S/c1-3-16(4-2)8-7-15-19(17,18)12-9-10(13)5-6-11(12)14/h5-6,9,15H,3-4,7-8H2,1-2H3. The lowest BCUT2D eigenvalue weighted by Gasteiger charge is -2.18. The van der Waals surface area contributed by atoms with E-state index in [4.69, 9.17) is 23.2 Å². The van der Waals surface area contributed by atoms with Crippen LogP contribution in [0.3, 0.4) is 0 Å². The van der Waals surface area contributed by atoms with Gasteiger partial charge in [-0.3, -0.25) is 0 Å². The van der Waals surface area contributed by atoms with Crippen LogP contribution in [-0.4, -0.2) is 39.5 Å². The van der Waals surface area contributed by atoms with E-state index in [0.717, 1.165) is 13.1 Å². The summed E-state index contributed by atoms with van der Waals surface area (Å²) in [5.41, 5.74) is 0. The maximum Gasteiger partial charge on any atom is 0.242 e. The molecule has 0 saturated heterocycles. The van der Waals surface area contributed by atoms with Crippen LogP contribution < -0.4 is 4.72 Å². The van der Waals surface area contributed by atoms with E-state index in [-0.39, 0.29) is 9.92 Å². The second-order valence-electron chi connectivity index (χ2n) is 4.00. The van der Waals surface area contributed by atoms with Crippen molar-refractivity contribution < 1.29 is 8.42 Å². The fourth-order valence-electron chi connectivity index (χ4n) is 1.64. The number of halogens is 2. The Bertz CT molecular complexity index is 516. The Hall–Kier alpha value is -0.330. The van der Waals surface area contributed by atoms with E-state index in [9.17, 15) is 8.42 Å². The predicted octanol–water partition coefficient (Wildman–Crippen LogP) is 2.61. The summed E-state index contributed by atoms with van der Waals surface area (Å²) in [6, 6.07) is 4.38. The highest BCUT2D eigenvalue weighted by Crippen LogP contribution is 2.24. The normalized spacial score (nSPS) is 12.1. The third-order valence-corrected chi connectivity index (χ3v) is 4.98. The summed E-state index contributed by atoms with van der Waals surface area (Å²) in [6.07, 6.45) is 0. The smallest absolute Gasteiger partial charge is 0.242 e. The van der Waals surface area contributed by atoms with Gasteiger partial charge in [0.1, 0.15) is 4.90 Å². The molecule has 1 aromatic rings. The molecular weight excluding hydrogens is 307 g/mol. The molecule has 0 radical (unpaired) electrons. The van der Waals surface area contributed by atoms with E-state index in [1.165, 1.54) is 12.1 Å². The van der Waals surface area contributed by atoms with Crippen molar-refractivity contribution in [1.29, 1.82) is 0 Å². The van der Waals surface area contributed by atoms with Crippen LogP contribution >= 0.6 is 23.2 Å². The Kier molecular flexibility index (Phi) is 6.56. The Morgan fingerprint density at radius 3 is 2.42 bits per heavy atom. The fraction of sp³-hybridized carbons (Fsp3) is 0.500. The van der Waals surface area contributed by atoms with Crippen molar-refractivity contribution >= 4 is 33.2 Å². The first-order valence-corrected chi connectivity index (χ1v) is 8.31. The van der Waals surface area contributed by atoms with E-state index in [1.807, 2.05) is 13.8 Å². The van der Waals surface area contributed by atoms with Gasteiger partial charge in [0.2, 0.25) is 10.0 Å². The predicted molar refractivity (Wildman–Crippen MR) is 79.4 cm³/mol. The van der Waals surface area contributed by atoms with E-state index >= 15 is 0 Å². The van der Waals surface area contributed by atoms with Gasteiger partial charge in [-0.1, -0.05) is 37.0 Å². The van der Waals surface area contributed by atoms with Crippen LogP contribution in [0.5, 0.6) is 0 Å². The van der Waals surface area contributed by atoms with Crippen LogP contribution in [0.4, 0.5) is 0 Å². The minimum atomic E-state index is -3.62. The summed E-state index contributed by atoms with van der Waals surface area (Å²) in [6.45, 7) is 6.83. The molecule has 1 N–H and O–H groups in total. The molecule has 0 spiro atoms. The van der Waals surface area contributed by atoms with Crippen molar-refractivity contribution in [3.63, 3.8) is 0 Å². The summed E-state index contributed by atoms with van der Waals surface area (Å²) in [5.74, 6) is 0. The summed E-state index contributed by atoms with van der Waals surface area (Å²) >= 11 is 11.7. The van der Waals surface area contributed by atoms with Gasteiger partial charge in [0.25, 0.3) is 0 Å². The number of benzene rings is 1. The van der Waals surface area contributed by atoms with Gasteiger partial charge in [-0.05, 0) is 31.3 Å². The first-order chi connectivity index (χ1) is 8.90. The van der Waals surface area contributed by atoms with Crippen LogP contribution in [0.1, 0.15) is 13.8 Å². The quantitative estimate of drug-likeness (QED) is 0.838. The van der Waals surface area contributed by atoms with Crippen molar-refractivity contribution in [3.05, 3.63) is 28.2 Å². The largest absolute Gasteiger partial charge is 0.303 e. The maximum absolute atomic E-state index is 12.1. The topological polar surface area (TPSA) is 49.4 Å². The van der Waals surface area contributed by atoms with Crippen LogP contribution in [0.15, 0.2) is 23.1 Å². The van der Waals surface area contributed by atoms with E-state index in [0.29, 0.717) is 18.1 Å². The van der Waals surface area contributed by atoms with Gasteiger partial charge in [0.05, 0.1) is 5.02 Å². The van der Waals surface area contributed by atoms with E-state index in [2.05, 4.69) is 9.62 Å². The monoisotopic (exact) mass is 324 g/mol.